The van der Waals surface area contributed by atoms with Gasteiger partial charge < -0.3 is 9.88 Å². The lowest BCUT2D eigenvalue weighted by atomic mass is 10.1. The molecule has 0 saturated carbocycles. The number of hydrogen-bond acceptors (Lipinski definition) is 3. The second kappa shape index (κ2) is 5.05. The molecule has 108 valence electrons. The molecule has 1 aliphatic heterocycles. The van der Waals surface area contributed by atoms with Gasteiger partial charge in [-0.25, -0.2) is 4.79 Å². The number of H-pyrrole nitrogens is 1. The van der Waals surface area contributed by atoms with Crippen molar-refractivity contribution in [2.45, 2.75) is 25.9 Å². The molecule has 3 rings (SSSR count). The molecule has 1 unspecified atom stereocenters. The van der Waals surface area contributed by atoms with Crippen LogP contribution in [0, 0.1) is 0 Å². The van der Waals surface area contributed by atoms with Crippen molar-refractivity contribution in [1.29, 1.82) is 0 Å². The highest BCUT2D eigenvalue weighted by atomic mass is 16.2. The molecule has 1 aliphatic rings. The summed E-state index contributed by atoms with van der Waals surface area (Å²) in [5, 5.41) is 0. The van der Waals surface area contributed by atoms with Crippen molar-refractivity contribution in [3.63, 3.8) is 0 Å². The first kappa shape index (κ1) is 13.4. The van der Waals surface area contributed by atoms with Crippen LogP contribution < -0.4 is 16.1 Å². The number of nitrogens with zero attached hydrogens (tertiary/aromatic N) is 2. The third-order valence-corrected chi connectivity index (χ3v) is 3.71. The van der Waals surface area contributed by atoms with Gasteiger partial charge in [0, 0.05) is 24.0 Å². The molecule has 6 heteroatoms. The molecule has 1 aromatic heterocycles. The van der Waals surface area contributed by atoms with E-state index in [4.69, 9.17) is 0 Å². The topological polar surface area (TPSA) is 75.2 Å². The van der Waals surface area contributed by atoms with E-state index in [1.807, 2.05) is 31.2 Å². The van der Waals surface area contributed by atoms with E-state index in [0.29, 0.717) is 0 Å². The Balaban J connectivity index is 1.93. The Morgan fingerprint density at radius 2 is 2.05 bits per heavy atom. The number of anilines is 1. The maximum Gasteiger partial charge on any atom is 0.328 e. The normalized spacial score (nSPS) is 16.8. The molecule has 0 radical (unpaired) electrons. The number of para-hydroxylation sites is 1. The van der Waals surface area contributed by atoms with Crippen molar-refractivity contribution in [3.05, 3.63) is 62.9 Å². The number of aromatic amines is 1. The molecule has 0 aliphatic carbocycles. The fourth-order valence-electron chi connectivity index (χ4n) is 2.76. The van der Waals surface area contributed by atoms with Gasteiger partial charge in [0.15, 0.2) is 0 Å². The van der Waals surface area contributed by atoms with Gasteiger partial charge in [-0.15, -0.1) is 0 Å². The van der Waals surface area contributed by atoms with Crippen LogP contribution in [0.3, 0.4) is 0 Å². The Labute approximate surface area is 120 Å². The number of nitrogens with one attached hydrogen (secondary N) is 1. The summed E-state index contributed by atoms with van der Waals surface area (Å²) < 4.78 is 0.913. The Hall–Kier alpha value is -2.63. The molecular formula is C15H15N3O3. The number of carbonyl (C=O) groups is 1. The van der Waals surface area contributed by atoms with Crippen LogP contribution in [0.2, 0.25) is 0 Å². The summed E-state index contributed by atoms with van der Waals surface area (Å²) in [6.45, 7) is 1.70. The molecular weight excluding hydrogens is 270 g/mol. The number of fused-ring (bicyclic) bond motifs is 1. The largest absolute Gasteiger partial charge is 0.328 e. The van der Waals surface area contributed by atoms with Crippen molar-refractivity contribution in [2.75, 3.05) is 4.90 Å². The number of carbonyl (C=O) groups excluding carboxylic acids is 1. The number of aromatic nitrogens is 2. The predicted octanol–water partition coefficient (Wildman–Crippen LogP) is 0.514. The molecule has 2 aromatic rings. The van der Waals surface area contributed by atoms with E-state index in [0.717, 1.165) is 22.2 Å². The fraction of sp³-hybridized carbons (Fsp3) is 0.267. The zero-order chi connectivity index (χ0) is 15.0. The highest BCUT2D eigenvalue weighted by molar-refractivity contribution is 5.96. The van der Waals surface area contributed by atoms with Crippen LogP contribution in [0.15, 0.2) is 46.1 Å². The SMILES string of the molecule is CC1Cc2ccccc2N1C(=O)Cn1c(=O)cc[nH]c1=O. The molecule has 21 heavy (non-hydrogen) atoms. The van der Waals surface area contributed by atoms with Gasteiger partial charge in [0.05, 0.1) is 0 Å². The summed E-state index contributed by atoms with van der Waals surface area (Å²) in [4.78, 5) is 39.9. The summed E-state index contributed by atoms with van der Waals surface area (Å²) in [5.74, 6) is -0.258. The van der Waals surface area contributed by atoms with Crippen LogP contribution in [-0.2, 0) is 17.8 Å². The first-order valence-electron chi connectivity index (χ1n) is 6.76. The Morgan fingerprint density at radius 3 is 2.81 bits per heavy atom. The molecule has 0 spiro atoms. The van der Waals surface area contributed by atoms with E-state index in [1.54, 1.807) is 4.90 Å². The van der Waals surface area contributed by atoms with E-state index in [1.165, 1.54) is 12.3 Å². The number of amides is 1. The van der Waals surface area contributed by atoms with Crippen LogP contribution >= 0.6 is 0 Å². The molecule has 0 saturated heterocycles. The second-order valence-electron chi connectivity index (χ2n) is 5.15. The second-order valence-corrected chi connectivity index (χ2v) is 5.15. The summed E-state index contributed by atoms with van der Waals surface area (Å²) in [7, 11) is 0. The highest BCUT2D eigenvalue weighted by Gasteiger charge is 2.30. The Bertz CT molecular complexity index is 778. The lowest BCUT2D eigenvalue weighted by molar-refractivity contribution is -0.119. The smallest absolute Gasteiger partial charge is 0.314 e. The first-order chi connectivity index (χ1) is 10.1. The van der Waals surface area contributed by atoms with Gasteiger partial charge in [-0.3, -0.25) is 14.2 Å². The minimum absolute atomic E-state index is 0.0217. The van der Waals surface area contributed by atoms with Crippen molar-refractivity contribution >= 4 is 11.6 Å². The predicted molar refractivity (Wildman–Crippen MR) is 78.4 cm³/mol. The van der Waals surface area contributed by atoms with Gasteiger partial charge in [0.1, 0.15) is 6.54 Å². The van der Waals surface area contributed by atoms with Crippen LogP contribution in [-0.4, -0.2) is 21.5 Å². The summed E-state index contributed by atoms with van der Waals surface area (Å²) in [6, 6.07) is 8.93. The van der Waals surface area contributed by atoms with Gasteiger partial charge in [0.25, 0.3) is 5.56 Å². The third kappa shape index (κ3) is 2.29. The minimum atomic E-state index is -0.573. The molecule has 1 amide bonds. The lowest BCUT2D eigenvalue weighted by Crippen LogP contribution is -2.43. The van der Waals surface area contributed by atoms with E-state index < -0.39 is 11.2 Å². The first-order valence-corrected chi connectivity index (χ1v) is 6.76. The molecule has 6 nitrogen and oxygen atoms in total. The Morgan fingerprint density at radius 1 is 1.29 bits per heavy atom. The maximum atomic E-state index is 12.5. The van der Waals surface area contributed by atoms with Crippen LogP contribution in [0.4, 0.5) is 5.69 Å². The molecule has 0 fully saturated rings. The fourth-order valence-corrected chi connectivity index (χ4v) is 2.76. The minimum Gasteiger partial charge on any atom is -0.314 e. The summed E-state index contributed by atoms with van der Waals surface area (Å²) in [5.41, 5.74) is 0.909. The zero-order valence-corrected chi connectivity index (χ0v) is 11.6. The molecule has 0 bridgehead atoms. The molecule has 1 atom stereocenters. The van der Waals surface area contributed by atoms with Crippen molar-refractivity contribution in [2.24, 2.45) is 0 Å². The highest BCUT2D eigenvalue weighted by Crippen LogP contribution is 2.31. The van der Waals surface area contributed by atoms with Crippen LogP contribution in [0.25, 0.3) is 0 Å². The lowest BCUT2D eigenvalue weighted by Gasteiger charge is -2.22. The average molecular weight is 285 g/mol. The van der Waals surface area contributed by atoms with Crippen molar-refractivity contribution < 1.29 is 4.79 Å². The van der Waals surface area contributed by atoms with E-state index in [2.05, 4.69) is 4.98 Å². The van der Waals surface area contributed by atoms with Crippen LogP contribution in [0.5, 0.6) is 0 Å². The van der Waals surface area contributed by atoms with E-state index in [9.17, 15) is 14.4 Å². The van der Waals surface area contributed by atoms with E-state index >= 15 is 0 Å². The average Bonchev–Trinajstić information content (AvgIpc) is 2.78. The zero-order valence-electron chi connectivity index (χ0n) is 11.6. The quantitative estimate of drug-likeness (QED) is 0.873. The van der Waals surface area contributed by atoms with E-state index in [-0.39, 0.29) is 18.5 Å². The molecule has 2 heterocycles. The van der Waals surface area contributed by atoms with Crippen molar-refractivity contribution in [3.8, 4) is 0 Å². The summed E-state index contributed by atoms with van der Waals surface area (Å²) in [6.07, 6.45) is 2.06. The molecule has 1 N–H and O–H groups in total. The monoisotopic (exact) mass is 285 g/mol. The number of rotatable bonds is 2. The molecule has 1 aromatic carbocycles. The van der Waals surface area contributed by atoms with Gasteiger partial charge in [-0.05, 0) is 25.0 Å². The van der Waals surface area contributed by atoms with Gasteiger partial charge in [0.2, 0.25) is 5.91 Å². The summed E-state index contributed by atoms with van der Waals surface area (Å²) >= 11 is 0. The Kier molecular flexibility index (Phi) is 3.21. The van der Waals surface area contributed by atoms with Crippen LogP contribution in [0.1, 0.15) is 12.5 Å². The maximum absolute atomic E-state index is 12.5. The van der Waals surface area contributed by atoms with Gasteiger partial charge in [-0.2, -0.15) is 0 Å². The standard InChI is InChI=1S/C15H15N3O3/c1-10-8-11-4-2-3-5-12(11)18(10)14(20)9-17-13(19)6-7-16-15(17)21/h2-7,10H,8-9H2,1H3,(H,16,21). The number of hydrogen-bond donors (Lipinski definition) is 1. The van der Waals surface area contributed by atoms with Crippen molar-refractivity contribution in [1.82, 2.24) is 9.55 Å². The van der Waals surface area contributed by atoms with Gasteiger partial charge >= 0.3 is 5.69 Å². The third-order valence-electron chi connectivity index (χ3n) is 3.71. The van der Waals surface area contributed by atoms with Gasteiger partial charge in [-0.1, -0.05) is 18.2 Å². The number of benzene rings is 1.